The highest BCUT2D eigenvalue weighted by atomic mass is 16.5. The van der Waals surface area contributed by atoms with Crippen LogP contribution in [0.25, 0.3) is 22.3 Å². The number of benzene rings is 4. The van der Waals surface area contributed by atoms with Gasteiger partial charge in [-0.15, -0.1) is 0 Å². The Balaban J connectivity index is 1.12. The molecule has 0 radical (unpaired) electrons. The third kappa shape index (κ3) is 5.04. The topological polar surface area (TPSA) is 70.5 Å². The van der Waals surface area contributed by atoms with E-state index in [1.807, 2.05) is 66.7 Å². The number of aromatic nitrogens is 2. The van der Waals surface area contributed by atoms with Crippen molar-refractivity contribution in [3.63, 3.8) is 0 Å². The van der Waals surface area contributed by atoms with Gasteiger partial charge in [0.25, 0.3) is 0 Å². The number of fused-ring (bicyclic) bond motifs is 2. The summed E-state index contributed by atoms with van der Waals surface area (Å²) >= 11 is 0. The fourth-order valence-electron chi connectivity index (χ4n) is 6.06. The van der Waals surface area contributed by atoms with E-state index < -0.39 is 0 Å². The first-order valence-corrected chi connectivity index (χ1v) is 13.9. The SMILES string of the molecule is Cc1cccc(Oc2ccc(Nc3nc(-c4cccc(CN5CC6C(CO)C6C5)c4)nc4ccccc34)cc2)c1. The van der Waals surface area contributed by atoms with E-state index in [9.17, 15) is 5.11 Å². The minimum Gasteiger partial charge on any atom is -0.457 e. The lowest BCUT2D eigenvalue weighted by Crippen LogP contribution is -2.24. The number of ether oxygens (including phenoxy) is 1. The molecule has 2 N–H and O–H groups in total. The van der Waals surface area contributed by atoms with E-state index in [2.05, 4.69) is 47.5 Å². The highest BCUT2D eigenvalue weighted by Gasteiger charge is 2.54. The molecule has 1 saturated heterocycles. The third-order valence-corrected chi connectivity index (χ3v) is 8.19. The van der Waals surface area contributed by atoms with Gasteiger partial charge in [-0.25, -0.2) is 9.97 Å². The van der Waals surface area contributed by atoms with Gasteiger partial charge in [0.05, 0.1) is 5.52 Å². The zero-order valence-electron chi connectivity index (χ0n) is 22.5. The van der Waals surface area contributed by atoms with Gasteiger partial charge in [0.15, 0.2) is 5.82 Å². The Morgan fingerprint density at radius 1 is 0.850 bits per heavy atom. The summed E-state index contributed by atoms with van der Waals surface area (Å²) in [7, 11) is 0. The maximum absolute atomic E-state index is 9.47. The first-order valence-electron chi connectivity index (χ1n) is 13.9. The Morgan fingerprint density at radius 2 is 1.65 bits per heavy atom. The van der Waals surface area contributed by atoms with Crippen LogP contribution >= 0.6 is 0 Å². The van der Waals surface area contributed by atoms with Gasteiger partial charge in [0, 0.05) is 42.9 Å². The lowest BCUT2D eigenvalue weighted by molar-refractivity contribution is 0.217. The van der Waals surface area contributed by atoms with Crippen molar-refractivity contribution in [3.8, 4) is 22.9 Å². The number of nitrogens with one attached hydrogen (secondary N) is 1. The van der Waals surface area contributed by atoms with Crippen LogP contribution in [0, 0.1) is 24.7 Å². The molecule has 2 aliphatic rings. The highest BCUT2D eigenvalue weighted by molar-refractivity contribution is 5.92. The first kappa shape index (κ1) is 24.8. The summed E-state index contributed by atoms with van der Waals surface area (Å²) < 4.78 is 6.02. The molecular formula is C34H32N4O2. The maximum atomic E-state index is 9.47. The van der Waals surface area contributed by atoms with Crippen molar-refractivity contribution >= 4 is 22.4 Å². The van der Waals surface area contributed by atoms with Crippen LogP contribution in [0.2, 0.25) is 0 Å². The van der Waals surface area contributed by atoms with Crippen molar-refractivity contribution in [1.29, 1.82) is 0 Å². The molecular weight excluding hydrogens is 496 g/mol. The summed E-state index contributed by atoms with van der Waals surface area (Å²) in [5.74, 6) is 4.95. The van der Waals surface area contributed by atoms with Gasteiger partial charge in [0.2, 0.25) is 0 Å². The number of aryl methyl sites for hydroxylation is 1. The minimum atomic E-state index is 0.333. The average Bonchev–Trinajstić information content (AvgIpc) is 3.46. The third-order valence-electron chi connectivity index (χ3n) is 8.19. The Morgan fingerprint density at radius 3 is 2.45 bits per heavy atom. The van der Waals surface area contributed by atoms with Gasteiger partial charge in [0.1, 0.15) is 17.3 Å². The predicted octanol–water partition coefficient (Wildman–Crippen LogP) is 6.81. The Hall–Kier alpha value is -4.26. The van der Waals surface area contributed by atoms with Crippen LogP contribution in [0.1, 0.15) is 11.1 Å². The molecule has 1 aliphatic heterocycles. The molecule has 200 valence electrons. The number of nitrogens with zero attached hydrogens (tertiary/aromatic N) is 3. The molecule has 5 aromatic rings. The molecule has 2 heterocycles. The summed E-state index contributed by atoms with van der Waals surface area (Å²) in [6, 6.07) is 32.6. The molecule has 2 unspecified atom stereocenters. The van der Waals surface area contributed by atoms with Gasteiger partial charge in [-0.2, -0.15) is 0 Å². The lowest BCUT2D eigenvalue weighted by Gasteiger charge is -2.19. The zero-order chi connectivity index (χ0) is 27.1. The number of likely N-dealkylation sites (tertiary alicyclic amines) is 1. The molecule has 6 nitrogen and oxygen atoms in total. The summed E-state index contributed by atoms with van der Waals surface area (Å²) in [6.45, 7) is 5.46. The van der Waals surface area contributed by atoms with E-state index in [-0.39, 0.29) is 0 Å². The number of hydrogen-bond acceptors (Lipinski definition) is 6. The minimum absolute atomic E-state index is 0.333. The molecule has 2 atom stereocenters. The van der Waals surface area contributed by atoms with E-state index in [1.54, 1.807) is 0 Å². The van der Waals surface area contributed by atoms with Gasteiger partial charge < -0.3 is 15.2 Å². The normalized spacial score (nSPS) is 19.9. The van der Waals surface area contributed by atoms with Crippen LogP contribution in [0.3, 0.4) is 0 Å². The number of hydrogen-bond donors (Lipinski definition) is 2. The maximum Gasteiger partial charge on any atom is 0.162 e. The van der Waals surface area contributed by atoms with Crippen molar-refractivity contribution in [3.05, 3.63) is 108 Å². The first-order chi connectivity index (χ1) is 19.6. The molecule has 2 fully saturated rings. The zero-order valence-corrected chi connectivity index (χ0v) is 22.5. The molecule has 0 amide bonds. The monoisotopic (exact) mass is 528 g/mol. The van der Waals surface area contributed by atoms with Gasteiger partial charge in [-0.05, 0) is 90.4 Å². The second kappa shape index (κ2) is 10.4. The van der Waals surface area contributed by atoms with E-state index in [0.29, 0.717) is 30.2 Å². The fraction of sp³-hybridized carbons (Fsp3) is 0.235. The molecule has 7 rings (SSSR count). The van der Waals surface area contributed by atoms with Crippen LogP contribution in [-0.4, -0.2) is 39.7 Å². The van der Waals surface area contributed by atoms with E-state index >= 15 is 0 Å². The van der Waals surface area contributed by atoms with Crippen molar-refractivity contribution in [2.24, 2.45) is 17.8 Å². The van der Waals surface area contributed by atoms with Crippen LogP contribution in [0.5, 0.6) is 11.5 Å². The molecule has 6 heteroatoms. The van der Waals surface area contributed by atoms with Crippen molar-refractivity contribution < 1.29 is 9.84 Å². The smallest absolute Gasteiger partial charge is 0.162 e. The van der Waals surface area contributed by atoms with E-state index in [4.69, 9.17) is 14.7 Å². The molecule has 1 saturated carbocycles. The quantitative estimate of drug-likeness (QED) is 0.231. The summed E-state index contributed by atoms with van der Waals surface area (Å²) in [6.07, 6.45) is 0. The van der Waals surface area contributed by atoms with Crippen molar-refractivity contribution in [2.45, 2.75) is 13.5 Å². The van der Waals surface area contributed by atoms with Crippen LogP contribution < -0.4 is 10.1 Å². The molecule has 1 aromatic heterocycles. The van der Waals surface area contributed by atoms with E-state index in [1.165, 1.54) is 5.56 Å². The molecule has 0 spiro atoms. The lowest BCUT2D eigenvalue weighted by atomic mass is 10.1. The molecule has 4 aromatic carbocycles. The summed E-state index contributed by atoms with van der Waals surface area (Å²) in [4.78, 5) is 12.4. The van der Waals surface area contributed by atoms with Crippen molar-refractivity contribution in [1.82, 2.24) is 14.9 Å². The Bertz CT molecular complexity index is 1660. The van der Waals surface area contributed by atoms with Crippen molar-refractivity contribution in [2.75, 3.05) is 25.0 Å². The van der Waals surface area contributed by atoms with Gasteiger partial charge in [-0.3, -0.25) is 4.90 Å². The standard InChI is InChI=1S/C34H32N4O2/c1-22-6-4-9-27(16-22)40-26-14-12-25(13-15-26)35-34-28-10-2-3-11-32(28)36-33(37-34)24-8-5-7-23(17-24)18-38-19-29-30(20-38)31(29)21-39/h2-17,29-31,39H,18-21H2,1H3,(H,35,36,37). The predicted molar refractivity (Wildman–Crippen MR) is 159 cm³/mol. The van der Waals surface area contributed by atoms with Gasteiger partial charge in [-0.1, -0.05) is 42.5 Å². The Kier molecular flexibility index (Phi) is 6.42. The second-order valence-electron chi connectivity index (χ2n) is 11.0. The number of rotatable bonds is 8. The number of piperidine rings is 1. The Labute approximate surface area is 234 Å². The number of aliphatic hydroxyl groups is 1. The second-order valence-corrected chi connectivity index (χ2v) is 11.0. The summed E-state index contributed by atoms with van der Waals surface area (Å²) in [5.41, 5.74) is 5.25. The van der Waals surface area contributed by atoms with E-state index in [0.717, 1.165) is 64.7 Å². The summed E-state index contributed by atoms with van der Waals surface area (Å²) in [5, 5.41) is 14.0. The fourth-order valence-corrected chi connectivity index (χ4v) is 6.06. The van der Waals surface area contributed by atoms with Crippen LogP contribution in [-0.2, 0) is 6.54 Å². The number of para-hydroxylation sites is 1. The number of aliphatic hydroxyl groups excluding tert-OH is 1. The molecule has 1 aliphatic carbocycles. The van der Waals surface area contributed by atoms with Crippen LogP contribution in [0.15, 0.2) is 97.1 Å². The largest absolute Gasteiger partial charge is 0.457 e. The molecule has 0 bridgehead atoms. The molecule has 40 heavy (non-hydrogen) atoms. The average molecular weight is 529 g/mol. The highest BCUT2D eigenvalue weighted by Crippen LogP contribution is 2.51. The van der Waals surface area contributed by atoms with Gasteiger partial charge >= 0.3 is 0 Å². The van der Waals surface area contributed by atoms with Crippen LogP contribution in [0.4, 0.5) is 11.5 Å². The number of anilines is 2.